The molecule has 0 amide bonds. The van der Waals surface area contributed by atoms with Gasteiger partial charge >= 0.3 is 0 Å². The van der Waals surface area contributed by atoms with Gasteiger partial charge in [0.25, 0.3) is 0 Å². The number of hydrogen-bond acceptors (Lipinski definition) is 2. The first-order chi connectivity index (χ1) is 6.81. The molecule has 0 fully saturated rings. The highest BCUT2D eigenvalue weighted by Gasteiger charge is 2.17. The number of carbonyl (C=O) groups is 1. The number of aryl methyl sites for hydroxylation is 1. The lowest BCUT2D eigenvalue weighted by Gasteiger charge is -2.15. The normalized spacial score (nSPS) is 15.1. The molecule has 1 aromatic rings. The second kappa shape index (κ2) is 3.82. The van der Waals surface area contributed by atoms with Crippen LogP contribution in [0.5, 0.6) is 5.75 Å². The van der Waals surface area contributed by atoms with Crippen LogP contribution in [-0.4, -0.2) is 12.4 Å². The lowest BCUT2D eigenvalue weighted by Crippen LogP contribution is -2.10. The molecule has 1 aromatic carbocycles. The van der Waals surface area contributed by atoms with Gasteiger partial charge < -0.3 is 4.74 Å². The van der Waals surface area contributed by atoms with E-state index in [0.717, 1.165) is 24.2 Å². The highest BCUT2D eigenvalue weighted by molar-refractivity contribution is 5.98. The van der Waals surface area contributed by atoms with E-state index >= 15 is 0 Å². The molecule has 0 spiro atoms. The van der Waals surface area contributed by atoms with Crippen LogP contribution in [0.15, 0.2) is 18.2 Å². The van der Waals surface area contributed by atoms with Crippen LogP contribution in [0.4, 0.5) is 0 Å². The van der Waals surface area contributed by atoms with Gasteiger partial charge in [0.1, 0.15) is 5.75 Å². The maximum Gasteiger partial charge on any atom is 0.163 e. The summed E-state index contributed by atoms with van der Waals surface area (Å²) in [6.07, 6.45) is 2.69. The zero-order chi connectivity index (χ0) is 9.97. The number of ketones is 1. The molecule has 0 unspecified atom stereocenters. The van der Waals surface area contributed by atoms with E-state index in [0.29, 0.717) is 13.0 Å². The zero-order valence-corrected chi connectivity index (χ0v) is 8.38. The summed E-state index contributed by atoms with van der Waals surface area (Å²) in [6, 6.07) is 5.83. The standard InChI is InChI=1S/C12H14O2/c1-2-14-10-7-6-9-4-3-5-12(13)11(9)8-10/h6-8H,2-5H2,1H3. The van der Waals surface area contributed by atoms with Crippen LogP contribution in [0, 0.1) is 0 Å². The summed E-state index contributed by atoms with van der Waals surface area (Å²) in [5.74, 6) is 1.06. The summed E-state index contributed by atoms with van der Waals surface area (Å²) in [7, 11) is 0. The van der Waals surface area contributed by atoms with Gasteiger partial charge in [-0.3, -0.25) is 4.79 Å². The van der Waals surface area contributed by atoms with Crippen molar-refractivity contribution in [1.82, 2.24) is 0 Å². The molecule has 0 N–H and O–H groups in total. The minimum absolute atomic E-state index is 0.257. The van der Waals surface area contributed by atoms with Gasteiger partial charge in [0, 0.05) is 12.0 Å². The fourth-order valence-corrected chi connectivity index (χ4v) is 1.86. The quantitative estimate of drug-likeness (QED) is 0.716. The first-order valence-corrected chi connectivity index (χ1v) is 5.10. The molecule has 0 saturated heterocycles. The lowest BCUT2D eigenvalue weighted by molar-refractivity contribution is 0.0972. The molecule has 0 saturated carbocycles. The van der Waals surface area contributed by atoms with Crippen LogP contribution in [-0.2, 0) is 6.42 Å². The minimum atomic E-state index is 0.257. The molecule has 2 rings (SSSR count). The molecule has 1 aliphatic carbocycles. The van der Waals surface area contributed by atoms with Gasteiger partial charge in [-0.1, -0.05) is 6.07 Å². The second-order valence-corrected chi connectivity index (χ2v) is 3.53. The zero-order valence-electron chi connectivity index (χ0n) is 8.38. The fourth-order valence-electron chi connectivity index (χ4n) is 1.86. The van der Waals surface area contributed by atoms with Crippen molar-refractivity contribution in [2.75, 3.05) is 6.61 Å². The van der Waals surface area contributed by atoms with Gasteiger partial charge in [0.15, 0.2) is 5.78 Å². The van der Waals surface area contributed by atoms with Crippen molar-refractivity contribution in [1.29, 1.82) is 0 Å². The van der Waals surface area contributed by atoms with Crippen LogP contribution >= 0.6 is 0 Å². The Kier molecular flexibility index (Phi) is 2.53. The van der Waals surface area contributed by atoms with Crippen molar-refractivity contribution < 1.29 is 9.53 Å². The summed E-state index contributed by atoms with van der Waals surface area (Å²) >= 11 is 0. The largest absolute Gasteiger partial charge is 0.494 e. The second-order valence-electron chi connectivity index (χ2n) is 3.53. The number of benzene rings is 1. The molecule has 0 bridgehead atoms. The third kappa shape index (κ3) is 1.65. The Labute approximate surface area is 83.9 Å². The Hall–Kier alpha value is -1.31. The smallest absolute Gasteiger partial charge is 0.163 e. The first-order valence-electron chi connectivity index (χ1n) is 5.10. The summed E-state index contributed by atoms with van der Waals surface area (Å²) in [5.41, 5.74) is 2.03. The Morgan fingerprint density at radius 2 is 2.21 bits per heavy atom. The predicted molar refractivity (Wildman–Crippen MR) is 54.9 cm³/mol. The molecule has 0 radical (unpaired) electrons. The fraction of sp³-hybridized carbons (Fsp3) is 0.417. The molecule has 0 aromatic heterocycles. The topological polar surface area (TPSA) is 26.3 Å². The van der Waals surface area contributed by atoms with Crippen molar-refractivity contribution in [3.8, 4) is 5.75 Å². The van der Waals surface area contributed by atoms with Gasteiger partial charge in [-0.2, -0.15) is 0 Å². The highest BCUT2D eigenvalue weighted by atomic mass is 16.5. The van der Waals surface area contributed by atoms with E-state index in [-0.39, 0.29) is 5.78 Å². The molecule has 2 nitrogen and oxygen atoms in total. The maximum atomic E-state index is 11.6. The summed E-state index contributed by atoms with van der Waals surface area (Å²) < 4.78 is 5.37. The van der Waals surface area contributed by atoms with E-state index in [9.17, 15) is 4.79 Å². The van der Waals surface area contributed by atoms with Crippen molar-refractivity contribution in [2.24, 2.45) is 0 Å². The van der Waals surface area contributed by atoms with E-state index in [2.05, 4.69) is 0 Å². The molecule has 14 heavy (non-hydrogen) atoms. The Bertz CT molecular complexity index is 355. The number of hydrogen-bond donors (Lipinski definition) is 0. The molecule has 0 aliphatic heterocycles. The molecule has 1 aliphatic rings. The molecular weight excluding hydrogens is 176 g/mol. The molecule has 2 heteroatoms. The number of ether oxygens (including phenoxy) is 1. The van der Waals surface area contributed by atoms with Gasteiger partial charge in [0.05, 0.1) is 6.61 Å². The number of carbonyl (C=O) groups excluding carboxylic acids is 1. The molecule has 0 heterocycles. The van der Waals surface area contributed by atoms with Gasteiger partial charge in [-0.25, -0.2) is 0 Å². The van der Waals surface area contributed by atoms with Crippen LogP contribution in [0.3, 0.4) is 0 Å². The molecule has 0 atom stereocenters. The van der Waals surface area contributed by atoms with Gasteiger partial charge in [-0.05, 0) is 37.5 Å². The minimum Gasteiger partial charge on any atom is -0.494 e. The van der Waals surface area contributed by atoms with E-state index in [1.807, 2.05) is 25.1 Å². The van der Waals surface area contributed by atoms with Crippen molar-refractivity contribution in [3.63, 3.8) is 0 Å². The average molecular weight is 190 g/mol. The number of Topliss-reactive ketones (excluding diaryl/α,β-unsaturated/α-hetero) is 1. The van der Waals surface area contributed by atoms with Crippen molar-refractivity contribution >= 4 is 5.78 Å². The first kappa shape index (κ1) is 9.25. The van der Waals surface area contributed by atoms with Crippen LogP contribution < -0.4 is 4.74 Å². The SMILES string of the molecule is CCOc1ccc2c(c1)C(=O)CCC2. The Morgan fingerprint density at radius 3 is 3.00 bits per heavy atom. The summed E-state index contributed by atoms with van der Waals surface area (Å²) in [5, 5.41) is 0. The van der Waals surface area contributed by atoms with Crippen molar-refractivity contribution in [3.05, 3.63) is 29.3 Å². The van der Waals surface area contributed by atoms with Gasteiger partial charge in [-0.15, -0.1) is 0 Å². The van der Waals surface area contributed by atoms with E-state index < -0.39 is 0 Å². The summed E-state index contributed by atoms with van der Waals surface area (Å²) in [4.78, 5) is 11.6. The number of rotatable bonds is 2. The number of fused-ring (bicyclic) bond motifs is 1. The van der Waals surface area contributed by atoms with Crippen LogP contribution in [0.1, 0.15) is 35.7 Å². The van der Waals surface area contributed by atoms with Crippen LogP contribution in [0.25, 0.3) is 0 Å². The third-order valence-electron chi connectivity index (χ3n) is 2.54. The average Bonchev–Trinajstić information content (AvgIpc) is 2.20. The molecular formula is C12H14O2. The monoisotopic (exact) mass is 190 g/mol. The van der Waals surface area contributed by atoms with E-state index in [1.54, 1.807) is 0 Å². The maximum absolute atomic E-state index is 11.6. The molecule has 74 valence electrons. The third-order valence-corrected chi connectivity index (χ3v) is 2.54. The van der Waals surface area contributed by atoms with Crippen molar-refractivity contribution in [2.45, 2.75) is 26.2 Å². The lowest BCUT2D eigenvalue weighted by atomic mass is 9.90. The predicted octanol–water partition coefficient (Wildman–Crippen LogP) is 2.60. The summed E-state index contributed by atoms with van der Waals surface area (Å²) in [6.45, 7) is 2.59. The van der Waals surface area contributed by atoms with E-state index in [1.165, 1.54) is 5.56 Å². The highest BCUT2D eigenvalue weighted by Crippen LogP contribution is 2.25. The Morgan fingerprint density at radius 1 is 1.36 bits per heavy atom. The van der Waals surface area contributed by atoms with Crippen LogP contribution in [0.2, 0.25) is 0 Å². The van der Waals surface area contributed by atoms with E-state index in [4.69, 9.17) is 4.74 Å². The Balaban J connectivity index is 2.36. The van der Waals surface area contributed by atoms with Gasteiger partial charge in [0.2, 0.25) is 0 Å².